The average molecular weight is 571 g/mol. The third-order valence-electron chi connectivity index (χ3n) is 7.66. The first-order chi connectivity index (χ1) is 19.7. The molecule has 0 bridgehead atoms. The highest BCUT2D eigenvalue weighted by molar-refractivity contribution is 5.60. The molecular formula is C32H42O9. The normalized spacial score (nSPS) is 11.8. The van der Waals surface area contributed by atoms with Crippen LogP contribution in [0.2, 0.25) is 0 Å². The van der Waals surface area contributed by atoms with E-state index in [4.69, 9.17) is 9.47 Å². The lowest BCUT2D eigenvalue weighted by Gasteiger charge is -2.35. The average Bonchev–Trinajstić information content (AvgIpc) is 2.95. The van der Waals surface area contributed by atoms with E-state index in [-0.39, 0.29) is 82.6 Å². The van der Waals surface area contributed by atoms with Crippen molar-refractivity contribution in [1.29, 1.82) is 0 Å². The summed E-state index contributed by atoms with van der Waals surface area (Å²) in [6.07, 6.45) is 0.783. The monoisotopic (exact) mass is 570 g/mol. The fraction of sp³-hybridized carbons (Fsp3) is 0.438. The number of aliphatic hydroxyl groups excluding tert-OH is 4. The lowest BCUT2D eigenvalue weighted by molar-refractivity contribution is 0.181. The van der Waals surface area contributed by atoms with Gasteiger partial charge in [0.2, 0.25) is 0 Å². The summed E-state index contributed by atoms with van der Waals surface area (Å²) in [6, 6.07) is 10.9. The molecule has 0 unspecified atom stereocenters. The van der Waals surface area contributed by atoms with Gasteiger partial charge in [0.25, 0.3) is 0 Å². The van der Waals surface area contributed by atoms with Crippen LogP contribution in [-0.2, 0) is 53.8 Å². The number of aromatic hydroxyl groups is 3. The van der Waals surface area contributed by atoms with Crippen LogP contribution in [0.4, 0.5) is 0 Å². The van der Waals surface area contributed by atoms with Crippen LogP contribution >= 0.6 is 0 Å². The SMILES string of the molecule is COCc1cc(C(C)(c2cc(CCO)c(O)c(CCO)c2)c2cc(CCO)c(O)c(COC)c2)cc(CCO)c1O. The second-order valence-electron chi connectivity index (χ2n) is 10.3. The van der Waals surface area contributed by atoms with Crippen LogP contribution in [0.25, 0.3) is 0 Å². The van der Waals surface area contributed by atoms with Crippen LogP contribution in [0, 0.1) is 0 Å². The molecule has 3 aromatic carbocycles. The van der Waals surface area contributed by atoms with Crippen LogP contribution in [0.1, 0.15) is 57.0 Å². The standard InChI is InChI=1S/C32H42O9/c1-32(26-12-20(4-8-33)29(37)21(13-26)5-9-34,27-14-22(6-10-35)30(38)24(16-27)18-40-2)28-15-23(7-11-36)31(39)25(17-28)19-41-3/h12-17,33-39H,4-11,18-19H2,1-3H3. The quantitative estimate of drug-likeness (QED) is 0.136. The van der Waals surface area contributed by atoms with Crippen molar-refractivity contribution in [2.75, 3.05) is 40.6 Å². The molecule has 7 N–H and O–H groups in total. The zero-order valence-corrected chi connectivity index (χ0v) is 24.0. The van der Waals surface area contributed by atoms with E-state index in [9.17, 15) is 35.7 Å². The van der Waals surface area contributed by atoms with E-state index < -0.39 is 5.41 Å². The molecule has 9 heteroatoms. The summed E-state index contributed by atoms with van der Waals surface area (Å²) in [5.41, 5.74) is 4.36. The van der Waals surface area contributed by atoms with Crippen molar-refractivity contribution >= 4 is 0 Å². The molecule has 9 nitrogen and oxygen atoms in total. The van der Waals surface area contributed by atoms with Crippen molar-refractivity contribution in [3.05, 3.63) is 86.5 Å². The number of benzene rings is 3. The van der Waals surface area contributed by atoms with Gasteiger partial charge in [0, 0.05) is 57.2 Å². The fourth-order valence-electron chi connectivity index (χ4n) is 5.42. The summed E-state index contributed by atoms with van der Waals surface area (Å²) in [4.78, 5) is 0. The predicted molar refractivity (Wildman–Crippen MR) is 154 cm³/mol. The largest absolute Gasteiger partial charge is 0.507 e. The van der Waals surface area contributed by atoms with Crippen LogP contribution < -0.4 is 0 Å². The number of phenolic OH excluding ortho intramolecular Hbond substituents is 3. The Morgan fingerprint density at radius 2 is 0.732 bits per heavy atom. The third kappa shape index (κ3) is 6.83. The molecule has 0 saturated carbocycles. The van der Waals surface area contributed by atoms with Gasteiger partial charge in [0.1, 0.15) is 17.2 Å². The smallest absolute Gasteiger partial charge is 0.124 e. The number of phenols is 3. The Morgan fingerprint density at radius 1 is 0.488 bits per heavy atom. The van der Waals surface area contributed by atoms with Crippen LogP contribution in [-0.4, -0.2) is 76.4 Å². The van der Waals surface area contributed by atoms with Crippen LogP contribution in [0.3, 0.4) is 0 Å². The first kappa shape index (κ1) is 32.3. The minimum atomic E-state index is -0.983. The predicted octanol–water partition coefficient (Wildman–Crippen LogP) is 2.59. The topological polar surface area (TPSA) is 160 Å². The fourth-order valence-corrected chi connectivity index (χ4v) is 5.42. The molecule has 0 aromatic heterocycles. The summed E-state index contributed by atoms with van der Waals surface area (Å²) in [7, 11) is 3.05. The van der Waals surface area contributed by atoms with E-state index >= 15 is 0 Å². The van der Waals surface area contributed by atoms with Crippen molar-refractivity contribution in [3.8, 4) is 17.2 Å². The third-order valence-corrected chi connectivity index (χ3v) is 7.66. The molecule has 3 rings (SSSR count). The van der Waals surface area contributed by atoms with E-state index in [1.165, 1.54) is 14.2 Å². The maximum Gasteiger partial charge on any atom is 0.124 e. The molecule has 0 heterocycles. The van der Waals surface area contributed by atoms with Crippen LogP contribution in [0.15, 0.2) is 36.4 Å². The lowest BCUT2D eigenvalue weighted by Crippen LogP contribution is -2.27. The zero-order valence-electron chi connectivity index (χ0n) is 24.0. The molecule has 0 atom stereocenters. The second-order valence-corrected chi connectivity index (χ2v) is 10.3. The van der Waals surface area contributed by atoms with E-state index in [0.717, 1.165) is 16.7 Å². The molecule has 41 heavy (non-hydrogen) atoms. The Bertz CT molecular complexity index is 1080. The Hall–Kier alpha value is -3.18. The summed E-state index contributed by atoms with van der Waals surface area (Å²) in [6.45, 7) is 1.47. The van der Waals surface area contributed by atoms with E-state index in [0.29, 0.717) is 33.4 Å². The molecule has 0 aliphatic heterocycles. The molecule has 0 aliphatic rings. The first-order valence-corrected chi connectivity index (χ1v) is 13.7. The number of ether oxygens (including phenoxy) is 2. The molecule has 0 amide bonds. The Labute approximate surface area is 240 Å². The minimum Gasteiger partial charge on any atom is -0.507 e. The maximum absolute atomic E-state index is 11.0. The van der Waals surface area contributed by atoms with Gasteiger partial charge >= 0.3 is 0 Å². The highest BCUT2D eigenvalue weighted by Crippen LogP contribution is 2.45. The summed E-state index contributed by atoms with van der Waals surface area (Å²) < 4.78 is 10.7. The van der Waals surface area contributed by atoms with Gasteiger partial charge in [-0.15, -0.1) is 0 Å². The number of hydrogen-bond acceptors (Lipinski definition) is 9. The van der Waals surface area contributed by atoms with E-state index in [2.05, 4.69) is 0 Å². The Morgan fingerprint density at radius 3 is 0.976 bits per heavy atom. The maximum atomic E-state index is 11.0. The summed E-state index contributed by atoms with van der Waals surface area (Å²) in [5, 5.41) is 71.8. The van der Waals surface area contributed by atoms with Crippen LogP contribution in [0.5, 0.6) is 17.2 Å². The van der Waals surface area contributed by atoms with E-state index in [1.54, 1.807) is 0 Å². The number of rotatable bonds is 15. The van der Waals surface area contributed by atoms with Gasteiger partial charge in [-0.05, 0) is 83.7 Å². The van der Waals surface area contributed by atoms with Gasteiger partial charge in [0.05, 0.1) is 13.2 Å². The van der Waals surface area contributed by atoms with Gasteiger partial charge in [-0.3, -0.25) is 0 Å². The molecule has 0 aliphatic carbocycles. The lowest BCUT2D eigenvalue weighted by atomic mass is 9.68. The van der Waals surface area contributed by atoms with Gasteiger partial charge in [0.15, 0.2) is 0 Å². The highest BCUT2D eigenvalue weighted by atomic mass is 16.5. The van der Waals surface area contributed by atoms with Crippen molar-refractivity contribution in [3.63, 3.8) is 0 Å². The van der Waals surface area contributed by atoms with Gasteiger partial charge in [-0.1, -0.05) is 24.3 Å². The molecule has 3 aromatic rings. The molecular weight excluding hydrogens is 528 g/mol. The van der Waals surface area contributed by atoms with Gasteiger partial charge in [-0.25, -0.2) is 0 Å². The van der Waals surface area contributed by atoms with Crippen molar-refractivity contribution in [1.82, 2.24) is 0 Å². The van der Waals surface area contributed by atoms with Crippen molar-refractivity contribution < 1.29 is 45.2 Å². The minimum absolute atomic E-state index is 0.0118. The van der Waals surface area contributed by atoms with Crippen molar-refractivity contribution in [2.45, 2.75) is 51.2 Å². The van der Waals surface area contributed by atoms with Crippen molar-refractivity contribution in [2.24, 2.45) is 0 Å². The number of methoxy groups -OCH3 is 2. The number of hydrogen-bond donors (Lipinski definition) is 7. The Kier molecular flexibility index (Phi) is 11.5. The Balaban J connectivity index is 2.50. The molecule has 0 radical (unpaired) electrons. The molecule has 0 fully saturated rings. The highest BCUT2D eigenvalue weighted by Gasteiger charge is 2.35. The first-order valence-electron chi connectivity index (χ1n) is 13.7. The van der Waals surface area contributed by atoms with E-state index in [1.807, 2.05) is 43.3 Å². The molecule has 0 spiro atoms. The molecule has 224 valence electrons. The second kappa shape index (κ2) is 14.6. The summed E-state index contributed by atoms with van der Waals surface area (Å²) >= 11 is 0. The van der Waals surface area contributed by atoms with Gasteiger partial charge in [-0.2, -0.15) is 0 Å². The zero-order chi connectivity index (χ0) is 30.2. The molecule has 0 saturated heterocycles. The summed E-state index contributed by atoms with van der Waals surface area (Å²) in [5.74, 6) is 0.0791. The van der Waals surface area contributed by atoms with Gasteiger partial charge < -0.3 is 45.2 Å². The number of aliphatic hydroxyl groups is 4.